The van der Waals surface area contributed by atoms with E-state index in [2.05, 4.69) is 4.98 Å². The number of nitrogens with zero attached hydrogens (tertiary/aromatic N) is 2. The van der Waals surface area contributed by atoms with Gasteiger partial charge in [0, 0.05) is 18.3 Å². The predicted octanol–water partition coefficient (Wildman–Crippen LogP) is 2.94. The second-order valence-corrected chi connectivity index (χ2v) is 7.07. The van der Waals surface area contributed by atoms with Crippen LogP contribution in [0.25, 0.3) is 0 Å². The molecule has 2 aromatic rings. The first-order valence-corrected chi connectivity index (χ1v) is 8.30. The van der Waals surface area contributed by atoms with Crippen LogP contribution in [0.5, 0.6) is 0 Å². The summed E-state index contributed by atoms with van der Waals surface area (Å²) in [5.74, 6) is -0.195. The molecule has 2 aliphatic rings. The van der Waals surface area contributed by atoms with Crippen molar-refractivity contribution in [2.24, 2.45) is 0 Å². The molecule has 3 heterocycles. The van der Waals surface area contributed by atoms with Gasteiger partial charge in [0.2, 0.25) is 0 Å². The zero-order chi connectivity index (χ0) is 17.8. The van der Waals surface area contributed by atoms with Gasteiger partial charge in [-0.3, -0.25) is 0 Å². The lowest BCUT2D eigenvalue weighted by molar-refractivity contribution is 0.00956. The van der Waals surface area contributed by atoms with Crippen molar-refractivity contribution in [1.29, 1.82) is 0 Å². The van der Waals surface area contributed by atoms with Crippen LogP contribution in [0.3, 0.4) is 0 Å². The van der Waals surface area contributed by atoms with Crippen LogP contribution in [-0.4, -0.2) is 28.7 Å². The molecule has 25 heavy (non-hydrogen) atoms. The predicted molar refractivity (Wildman–Crippen MR) is 89.8 cm³/mol. The molecule has 0 bridgehead atoms. The number of carbonyl (C=O) groups excluding carboxylic acids is 1. The molecule has 0 unspecified atom stereocenters. The number of aliphatic hydroxyl groups excluding tert-OH is 1. The fourth-order valence-electron chi connectivity index (χ4n) is 3.76. The summed E-state index contributed by atoms with van der Waals surface area (Å²) < 4.78 is 18.7. The number of carbonyl (C=O) groups is 1. The van der Waals surface area contributed by atoms with Crippen molar-refractivity contribution < 1.29 is 19.0 Å². The highest BCUT2D eigenvalue weighted by molar-refractivity contribution is 5.99. The third kappa shape index (κ3) is 2.57. The van der Waals surface area contributed by atoms with E-state index in [4.69, 9.17) is 4.74 Å². The summed E-state index contributed by atoms with van der Waals surface area (Å²) in [6.07, 6.45) is 1.61. The standard InChI is InChI=1S/C19H19FN2O3/c1-19(2)14-7-8-21-17(16(14)18(24)25-19)22-10-13(23)9-15(22)11-3-5-12(20)6-4-11/h3-8,13,15,23H,9-10H2,1-2H3/t13-,15-/m0/s1. The number of halogens is 1. The van der Waals surface area contributed by atoms with Crippen molar-refractivity contribution in [2.45, 2.75) is 38.0 Å². The minimum absolute atomic E-state index is 0.175. The second kappa shape index (κ2) is 5.52. The summed E-state index contributed by atoms with van der Waals surface area (Å²) in [6, 6.07) is 7.83. The molecule has 2 aliphatic heterocycles. The second-order valence-electron chi connectivity index (χ2n) is 7.07. The molecular formula is C19H19FN2O3. The molecular weight excluding hydrogens is 323 g/mol. The topological polar surface area (TPSA) is 62.7 Å². The van der Waals surface area contributed by atoms with Crippen LogP contribution in [0.4, 0.5) is 10.2 Å². The van der Waals surface area contributed by atoms with Crippen molar-refractivity contribution in [1.82, 2.24) is 4.98 Å². The summed E-state index contributed by atoms with van der Waals surface area (Å²) in [6.45, 7) is 4.05. The molecule has 1 saturated heterocycles. The molecule has 0 aliphatic carbocycles. The van der Waals surface area contributed by atoms with Gasteiger partial charge in [0.05, 0.1) is 12.1 Å². The van der Waals surface area contributed by atoms with Crippen LogP contribution in [0.1, 0.15) is 47.8 Å². The summed E-state index contributed by atoms with van der Waals surface area (Å²) in [5.41, 5.74) is 1.42. The summed E-state index contributed by atoms with van der Waals surface area (Å²) in [5, 5.41) is 10.2. The van der Waals surface area contributed by atoms with Crippen LogP contribution < -0.4 is 4.90 Å². The number of fused-ring (bicyclic) bond motifs is 1. The molecule has 5 nitrogen and oxygen atoms in total. The highest BCUT2D eigenvalue weighted by atomic mass is 19.1. The fraction of sp³-hybridized carbons (Fsp3) is 0.368. The van der Waals surface area contributed by atoms with E-state index in [0.29, 0.717) is 24.3 Å². The maximum absolute atomic E-state index is 13.3. The number of β-amino-alcohol motifs (C(OH)–C–C–N with tert-alkyl or cyclic N) is 1. The Bertz CT molecular complexity index is 835. The molecule has 1 N–H and O–H groups in total. The maximum Gasteiger partial charge on any atom is 0.343 e. The van der Waals surface area contributed by atoms with E-state index in [1.807, 2.05) is 18.7 Å². The zero-order valence-electron chi connectivity index (χ0n) is 14.1. The molecule has 0 amide bonds. The van der Waals surface area contributed by atoms with Crippen molar-refractivity contribution in [3.05, 3.63) is 59.0 Å². The number of cyclic esters (lactones) is 1. The summed E-state index contributed by atoms with van der Waals surface area (Å²) in [7, 11) is 0. The van der Waals surface area contributed by atoms with Gasteiger partial charge in [-0.2, -0.15) is 0 Å². The van der Waals surface area contributed by atoms with Crippen molar-refractivity contribution in [3.8, 4) is 0 Å². The molecule has 2 atom stereocenters. The number of rotatable bonds is 2. The third-order valence-corrected chi connectivity index (χ3v) is 4.94. The molecule has 0 saturated carbocycles. The fourth-order valence-corrected chi connectivity index (χ4v) is 3.76. The number of anilines is 1. The van der Waals surface area contributed by atoms with E-state index < -0.39 is 17.7 Å². The van der Waals surface area contributed by atoms with Crippen LogP contribution in [0.15, 0.2) is 36.5 Å². The molecule has 6 heteroatoms. The largest absolute Gasteiger partial charge is 0.451 e. The first-order chi connectivity index (χ1) is 11.9. The van der Waals surface area contributed by atoms with E-state index in [1.54, 1.807) is 24.4 Å². The van der Waals surface area contributed by atoms with Crippen molar-refractivity contribution in [3.63, 3.8) is 0 Å². The lowest BCUT2D eigenvalue weighted by Gasteiger charge is -2.27. The Kier molecular flexibility index (Phi) is 3.54. The molecule has 0 spiro atoms. The van der Waals surface area contributed by atoms with Crippen LogP contribution in [0, 0.1) is 5.82 Å². The quantitative estimate of drug-likeness (QED) is 0.850. The van der Waals surface area contributed by atoms with Gasteiger partial charge < -0.3 is 14.7 Å². The van der Waals surface area contributed by atoms with Gasteiger partial charge in [0.15, 0.2) is 0 Å². The number of ether oxygens (including phenoxy) is 1. The highest BCUT2D eigenvalue weighted by Crippen LogP contribution is 2.43. The first kappa shape index (κ1) is 16.0. The smallest absolute Gasteiger partial charge is 0.343 e. The number of hydrogen-bond donors (Lipinski definition) is 1. The van der Waals surface area contributed by atoms with Crippen LogP contribution in [0.2, 0.25) is 0 Å². The minimum Gasteiger partial charge on any atom is -0.451 e. The average Bonchev–Trinajstić information content (AvgIpc) is 3.06. The molecule has 1 aromatic carbocycles. The van der Waals surface area contributed by atoms with Gasteiger partial charge in [-0.05, 0) is 44.0 Å². The monoisotopic (exact) mass is 342 g/mol. The normalized spacial score (nSPS) is 24.3. The number of benzene rings is 1. The zero-order valence-corrected chi connectivity index (χ0v) is 14.1. The van der Waals surface area contributed by atoms with Crippen molar-refractivity contribution >= 4 is 11.8 Å². The van der Waals surface area contributed by atoms with E-state index in [-0.39, 0.29) is 11.9 Å². The Morgan fingerprint density at radius 2 is 2.00 bits per heavy atom. The maximum atomic E-state index is 13.3. The van der Waals surface area contributed by atoms with Crippen molar-refractivity contribution in [2.75, 3.05) is 11.4 Å². The first-order valence-electron chi connectivity index (χ1n) is 8.30. The number of esters is 1. The Labute approximate surface area is 145 Å². The van der Waals surface area contributed by atoms with Gasteiger partial charge in [-0.25, -0.2) is 14.2 Å². The number of pyridine rings is 1. The van der Waals surface area contributed by atoms with E-state index in [0.717, 1.165) is 11.1 Å². The third-order valence-electron chi connectivity index (χ3n) is 4.94. The molecule has 1 fully saturated rings. The van der Waals surface area contributed by atoms with Crippen LogP contribution in [-0.2, 0) is 10.3 Å². The minimum atomic E-state index is -0.701. The molecule has 4 rings (SSSR count). The molecule has 0 radical (unpaired) electrons. The van der Waals surface area contributed by atoms with E-state index >= 15 is 0 Å². The lowest BCUT2D eigenvalue weighted by Crippen LogP contribution is -2.27. The summed E-state index contributed by atoms with van der Waals surface area (Å²) >= 11 is 0. The van der Waals surface area contributed by atoms with Gasteiger partial charge in [-0.1, -0.05) is 12.1 Å². The molecule has 130 valence electrons. The highest BCUT2D eigenvalue weighted by Gasteiger charge is 2.43. The Morgan fingerprint density at radius 1 is 1.28 bits per heavy atom. The number of hydrogen-bond acceptors (Lipinski definition) is 5. The Morgan fingerprint density at radius 3 is 2.72 bits per heavy atom. The van der Waals surface area contributed by atoms with Gasteiger partial charge in [0.1, 0.15) is 22.8 Å². The van der Waals surface area contributed by atoms with Gasteiger partial charge >= 0.3 is 5.97 Å². The Hall–Kier alpha value is -2.47. The lowest BCUT2D eigenvalue weighted by atomic mass is 9.96. The molecule has 1 aromatic heterocycles. The van der Waals surface area contributed by atoms with E-state index in [9.17, 15) is 14.3 Å². The summed E-state index contributed by atoms with van der Waals surface area (Å²) in [4.78, 5) is 18.8. The number of aromatic nitrogens is 1. The van der Waals surface area contributed by atoms with E-state index in [1.165, 1.54) is 12.1 Å². The number of aliphatic hydroxyl groups is 1. The van der Waals surface area contributed by atoms with Gasteiger partial charge in [-0.15, -0.1) is 0 Å². The SMILES string of the molecule is CC1(C)OC(=O)c2c1ccnc2N1C[C@@H](O)C[C@H]1c1ccc(F)cc1. The average molecular weight is 342 g/mol. The Balaban J connectivity index is 1.80. The van der Waals surface area contributed by atoms with Crippen LogP contribution >= 0.6 is 0 Å². The van der Waals surface area contributed by atoms with Gasteiger partial charge in [0.25, 0.3) is 0 Å².